The Morgan fingerprint density at radius 1 is 1.07 bits per heavy atom. The number of rotatable bonds is 4. The summed E-state index contributed by atoms with van der Waals surface area (Å²) < 4.78 is 0. The summed E-state index contributed by atoms with van der Waals surface area (Å²) in [5.74, 6) is 0.539. The second kappa shape index (κ2) is 7.56. The van der Waals surface area contributed by atoms with E-state index in [9.17, 15) is 9.59 Å². The number of benzene rings is 2. The summed E-state index contributed by atoms with van der Waals surface area (Å²) in [6, 6.07) is 15.3. The molecule has 4 nitrogen and oxygen atoms in total. The number of carbonyl (C=O) groups excluding carboxylic acids is 2. The molecule has 0 saturated carbocycles. The molecule has 1 fully saturated rings. The minimum atomic E-state index is -0.894. The van der Waals surface area contributed by atoms with Gasteiger partial charge in [0.25, 0.3) is 5.91 Å². The molecule has 1 aliphatic heterocycles. The Hall–Kier alpha value is -1.98. The Morgan fingerprint density at radius 2 is 1.85 bits per heavy atom. The summed E-state index contributed by atoms with van der Waals surface area (Å²) in [6.45, 7) is 0.391. The molecule has 140 valence electrons. The maximum Gasteiger partial charge on any atom is 0.325 e. The minimum absolute atomic E-state index is 0.112. The van der Waals surface area contributed by atoms with E-state index >= 15 is 0 Å². The monoisotopic (exact) mass is 400 g/mol. The lowest BCUT2D eigenvalue weighted by molar-refractivity contribution is -0.131. The molecule has 3 amide bonds. The van der Waals surface area contributed by atoms with Crippen molar-refractivity contribution in [2.24, 2.45) is 0 Å². The molecular weight excluding hydrogens is 380 g/mol. The fourth-order valence-electron chi connectivity index (χ4n) is 3.96. The average Bonchev–Trinajstić information content (AvgIpc) is 2.82. The van der Waals surface area contributed by atoms with Gasteiger partial charge < -0.3 is 5.32 Å². The van der Waals surface area contributed by atoms with Crippen LogP contribution >= 0.6 is 23.4 Å². The first kappa shape index (κ1) is 18.4. The molecular formula is C21H21ClN2O2S. The zero-order valence-corrected chi connectivity index (χ0v) is 16.5. The van der Waals surface area contributed by atoms with Gasteiger partial charge in [-0.15, -0.1) is 11.8 Å². The molecule has 2 aromatic rings. The zero-order chi connectivity index (χ0) is 18.9. The first-order valence-corrected chi connectivity index (χ1v) is 10.6. The number of urea groups is 1. The standard InChI is InChI=1S/C21H21ClN2O2S/c22-16-8-10-17(11-9-16)27-14-13-24-19(25)21(23-20(24)26)12-4-3-6-15-5-1-2-7-18(15)21/h1-2,5,7-11H,3-4,6,12-14H2,(H,23,26)/t21-/m1/s1. The van der Waals surface area contributed by atoms with Crippen LogP contribution in [0.3, 0.4) is 0 Å². The lowest BCUT2D eigenvalue weighted by Crippen LogP contribution is -2.44. The van der Waals surface area contributed by atoms with Crippen LogP contribution in [0.1, 0.15) is 30.4 Å². The molecule has 1 atom stereocenters. The Balaban J connectivity index is 1.51. The van der Waals surface area contributed by atoms with Gasteiger partial charge in [-0.25, -0.2) is 4.79 Å². The van der Waals surface area contributed by atoms with Crippen LogP contribution in [0, 0.1) is 0 Å². The van der Waals surface area contributed by atoms with Crippen LogP contribution in [0.25, 0.3) is 0 Å². The first-order valence-electron chi connectivity index (χ1n) is 9.21. The van der Waals surface area contributed by atoms with E-state index < -0.39 is 5.54 Å². The van der Waals surface area contributed by atoms with E-state index in [2.05, 4.69) is 11.4 Å². The van der Waals surface area contributed by atoms with Gasteiger partial charge in [-0.05, 0) is 61.1 Å². The van der Waals surface area contributed by atoms with Gasteiger partial charge in [0.05, 0.1) is 0 Å². The number of aryl methyl sites for hydroxylation is 1. The molecule has 4 rings (SSSR count). The summed E-state index contributed by atoms with van der Waals surface area (Å²) in [5.41, 5.74) is 1.24. The van der Waals surface area contributed by atoms with Crippen LogP contribution in [-0.4, -0.2) is 29.1 Å². The Labute approximate surface area is 168 Å². The maximum atomic E-state index is 13.3. The number of hydrogen-bond donors (Lipinski definition) is 1. The van der Waals surface area contributed by atoms with Crippen LogP contribution < -0.4 is 5.32 Å². The van der Waals surface area contributed by atoms with Gasteiger partial charge in [0.15, 0.2) is 0 Å². The van der Waals surface area contributed by atoms with E-state index in [-0.39, 0.29) is 11.9 Å². The van der Waals surface area contributed by atoms with Gasteiger partial charge in [-0.3, -0.25) is 9.69 Å². The Kier molecular flexibility index (Phi) is 5.15. The summed E-state index contributed by atoms with van der Waals surface area (Å²) in [6.07, 6.45) is 3.57. The topological polar surface area (TPSA) is 49.4 Å². The lowest BCUT2D eigenvalue weighted by Gasteiger charge is -2.27. The van der Waals surface area contributed by atoms with Crippen LogP contribution in [-0.2, 0) is 16.8 Å². The zero-order valence-electron chi connectivity index (χ0n) is 14.9. The van der Waals surface area contributed by atoms with Crippen molar-refractivity contribution in [3.8, 4) is 0 Å². The maximum absolute atomic E-state index is 13.3. The van der Waals surface area contributed by atoms with E-state index in [0.29, 0.717) is 23.7 Å². The van der Waals surface area contributed by atoms with Gasteiger partial charge >= 0.3 is 6.03 Å². The average molecular weight is 401 g/mol. The van der Waals surface area contributed by atoms with Crippen molar-refractivity contribution >= 4 is 35.3 Å². The second-order valence-corrected chi connectivity index (χ2v) is 8.56. The van der Waals surface area contributed by atoms with Crippen LogP contribution in [0.4, 0.5) is 4.79 Å². The third-order valence-corrected chi connectivity index (χ3v) is 6.54. The van der Waals surface area contributed by atoms with Crippen molar-refractivity contribution in [2.45, 2.75) is 36.1 Å². The number of fused-ring (bicyclic) bond motifs is 2. The molecule has 0 bridgehead atoms. The van der Waals surface area contributed by atoms with E-state index in [4.69, 9.17) is 11.6 Å². The lowest BCUT2D eigenvalue weighted by atomic mass is 9.84. The predicted molar refractivity (Wildman–Crippen MR) is 108 cm³/mol. The number of thioether (sulfide) groups is 1. The van der Waals surface area contributed by atoms with Gasteiger partial charge in [0.2, 0.25) is 0 Å². The van der Waals surface area contributed by atoms with Gasteiger partial charge in [0.1, 0.15) is 5.54 Å². The molecule has 1 spiro atoms. The summed E-state index contributed by atoms with van der Waals surface area (Å²) >= 11 is 7.52. The highest BCUT2D eigenvalue weighted by Crippen LogP contribution is 2.39. The second-order valence-electron chi connectivity index (χ2n) is 6.96. The predicted octanol–water partition coefficient (Wildman–Crippen LogP) is 4.61. The van der Waals surface area contributed by atoms with Crippen LogP contribution in [0.2, 0.25) is 5.02 Å². The quantitative estimate of drug-likeness (QED) is 0.602. The third-order valence-electron chi connectivity index (χ3n) is 5.30. The number of hydrogen-bond acceptors (Lipinski definition) is 3. The Morgan fingerprint density at radius 3 is 2.67 bits per heavy atom. The summed E-state index contributed by atoms with van der Waals surface area (Å²) in [5, 5.41) is 3.73. The smallest absolute Gasteiger partial charge is 0.319 e. The fourth-order valence-corrected chi connectivity index (χ4v) is 4.93. The largest absolute Gasteiger partial charge is 0.325 e. The molecule has 1 heterocycles. The number of amides is 3. The van der Waals surface area contributed by atoms with Gasteiger partial charge in [0, 0.05) is 22.2 Å². The minimum Gasteiger partial charge on any atom is -0.319 e. The molecule has 6 heteroatoms. The molecule has 0 aromatic heterocycles. The van der Waals surface area contributed by atoms with Crippen LogP contribution in [0.5, 0.6) is 0 Å². The molecule has 2 aliphatic rings. The molecule has 2 aromatic carbocycles. The highest BCUT2D eigenvalue weighted by Gasteiger charge is 2.52. The SMILES string of the molecule is O=C1N[C@@]2(CCCCc3ccccc32)C(=O)N1CCSc1ccc(Cl)cc1. The molecule has 1 saturated heterocycles. The van der Waals surface area contributed by atoms with Crippen LogP contribution in [0.15, 0.2) is 53.4 Å². The van der Waals surface area contributed by atoms with E-state index in [0.717, 1.165) is 29.7 Å². The highest BCUT2D eigenvalue weighted by atomic mass is 35.5. The number of nitrogens with zero attached hydrogens (tertiary/aromatic N) is 1. The van der Waals surface area contributed by atoms with Crippen molar-refractivity contribution in [1.82, 2.24) is 10.2 Å². The Bertz CT molecular complexity index is 871. The van der Waals surface area contributed by atoms with E-state index in [1.165, 1.54) is 10.5 Å². The van der Waals surface area contributed by atoms with Crippen molar-refractivity contribution in [3.05, 3.63) is 64.7 Å². The normalized spacial score (nSPS) is 21.9. The molecule has 0 unspecified atom stereocenters. The molecule has 1 N–H and O–H groups in total. The fraction of sp³-hybridized carbons (Fsp3) is 0.333. The number of carbonyl (C=O) groups is 2. The van der Waals surface area contributed by atoms with E-state index in [1.807, 2.05) is 42.5 Å². The number of nitrogens with one attached hydrogen (secondary N) is 1. The molecule has 0 radical (unpaired) electrons. The van der Waals surface area contributed by atoms with Gasteiger partial charge in [-0.2, -0.15) is 0 Å². The first-order chi connectivity index (χ1) is 13.1. The van der Waals surface area contributed by atoms with E-state index in [1.54, 1.807) is 11.8 Å². The molecule has 27 heavy (non-hydrogen) atoms. The third kappa shape index (κ3) is 3.46. The van der Waals surface area contributed by atoms with Crippen molar-refractivity contribution in [1.29, 1.82) is 0 Å². The highest BCUT2D eigenvalue weighted by molar-refractivity contribution is 7.99. The summed E-state index contributed by atoms with van der Waals surface area (Å²) in [7, 11) is 0. The van der Waals surface area contributed by atoms with Crippen molar-refractivity contribution in [2.75, 3.05) is 12.3 Å². The number of imide groups is 1. The number of halogens is 1. The summed E-state index contributed by atoms with van der Waals surface area (Å²) in [4.78, 5) is 28.4. The van der Waals surface area contributed by atoms with Gasteiger partial charge in [-0.1, -0.05) is 35.9 Å². The van der Waals surface area contributed by atoms with Crippen molar-refractivity contribution in [3.63, 3.8) is 0 Å². The van der Waals surface area contributed by atoms with Crippen molar-refractivity contribution < 1.29 is 9.59 Å². The molecule has 1 aliphatic carbocycles.